The van der Waals surface area contributed by atoms with Gasteiger partial charge in [0.2, 0.25) is 11.8 Å². The number of benzene rings is 3. The SMILES string of the molecule is COc1ccc(NC(=O)CC2C(=O)Nc3ccccc3N2C(=O)/C=C/c2ccc(Cl)cc2Cl)cc1. The molecule has 0 bridgehead atoms. The van der Waals surface area contributed by atoms with E-state index < -0.39 is 23.8 Å². The number of methoxy groups -OCH3 is 1. The third kappa shape index (κ3) is 5.65. The monoisotopic (exact) mass is 509 g/mol. The summed E-state index contributed by atoms with van der Waals surface area (Å²) >= 11 is 12.2. The van der Waals surface area contributed by atoms with Crippen LogP contribution in [0.3, 0.4) is 0 Å². The summed E-state index contributed by atoms with van der Waals surface area (Å²) in [4.78, 5) is 40.4. The van der Waals surface area contributed by atoms with Gasteiger partial charge in [0, 0.05) is 21.8 Å². The molecule has 7 nitrogen and oxygen atoms in total. The Morgan fingerprint density at radius 3 is 2.54 bits per heavy atom. The Hall–Kier alpha value is -3.81. The van der Waals surface area contributed by atoms with Crippen molar-refractivity contribution in [1.82, 2.24) is 0 Å². The van der Waals surface area contributed by atoms with Gasteiger partial charge in [-0.15, -0.1) is 0 Å². The van der Waals surface area contributed by atoms with Crippen molar-refractivity contribution in [1.29, 1.82) is 0 Å². The molecule has 3 aromatic rings. The van der Waals surface area contributed by atoms with Crippen LogP contribution < -0.4 is 20.3 Å². The van der Waals surface area contributed by atoms with Gasteiger partial charge < -0.3 is 15.4 Å². The van der Waals surface area contributed by atoms with E-state index in [1.165, 1.54) is 11.0 Å². The van der Waals surface area contributed by atoms with E-state index in [1.807, 2.05) is 0 Å². The summed E-state index contributed by atoms with van der Waals surface area (Å²) in [5.74, 6) is -0.701. The van der Waals surface area contributed by atoms with Crippen LogP contribution in [0.2, 0.25) is 10.0 Å². The first-order chi connectivity index (χ1) is 16.9. The summed E-state index contributed by atoms with van der Waals surface area (Å²) in [6, 6.07) is 17.6. The van der Waals surface area contributed by atoms with E-state index in [9.17, 15) is 14.4 Å². The zero-order valence-corrected chi connectivity index (χ0v) is 20.1. The Labute approximate surface area is 212 Å². The van der Waals surface area contributed by atoms with Crippen molar-refractivity contribution in [2.24, 2.45) is 0 Å². The first-order valence-corrected chi connectivity index (χ1v) is 11.4. The summed E-state index contributed by atoms with van der Waals surface area (Å²) in [7, 11) is 1.55. The number of amides is 3. The zero-order valence-electron chi connectivity index (χ0n) is 18.6. The van der Waals surface area contributed by atoms with Crippen molar-refractivity contribution in [2.75, 3.05) is 22.6 Å². The Morgan fingerprint density at radius 2 is 1.83 bits per heavy atom. The molecule has 1 atom stereocenters. The number of para-hydroxylation sites is 2. The topological polar surface area (TPSA) is 87.7 Å². The third-order valence-electron chi connectivity index (χ3n) is 5.39. The summed E-state index contributed by atoms with van der Waals surface area (Å²) in [6.07, 6.45) is 2.62. The van der Waals surface area contributed by atoms with Gasteiger partial charge in [0.05, 0.1) is 24.9 Å². The molecule has 2 N–H and O–H groups in total. The summed E-state index contributed by atoms with van der Waals surface area (Å²) in [5.41, 5.74) is 2.11. The number of rotatable bonds is 6. The number of carbonyl (C=O) groups excluding carboxylic acids is 3. The minimum Gasteiger partial charge on any atom is -0.497 e. The normalized spacial score (nSPS) is 14.9. The minimum absolute atomic E-state index is 0.243. The molecule has 0 radical (unpaired) electrons. The number of halogens is 2. The number of nitrogens with one attached hydrogen (secondary N) is 2. The van der Waals surface area contributed by atoms with E-state index in [2.05, 4.69) is 10.6 Å². The lowest BCUT2D eigenvalue weighted by Gasteiger charge is -2.35. The standard InChI is InChI=1S/C26H21Cl2N3O4/c1-35-19-11-9-18(10-12-19)29-24(32)15-23-26(34)30-21-4-2-3-5-22(21)31(23)25(33)13-7-16-6-8-17(27)14-20(16)28/h2-14,23H,15H2,1H3,(H,29,32)(H,30,34)/b13-7+. The molecule has 0 aliphatic carbocycles. The molecule has 35 heavy (non-hydrogen) atoms. The third-order valence-corrected chi connectivity index (χ3v) is 5.96. The van der Waals surface area contributed by atoms with Crippen LogP contribution in [0.5, 0.6) is 5.75 Å². The van der Waals surface area contributed by atoms with Crippen molar-refractivity contribution in [3.05, 3.63) is 88.4 Å². The number of hydrogen-bond donors (Lipinski definition) is 2. The van der Waals surface area contributed by atoms with Crippen molar-refractivity contribution in [2.45, 2.75) is 12.5 Å². The van der Waals surface area contributed by atoms with Crippen LogP contribution in [-0.4, -0.2) is 30.9 Å². The Balaban J connectivity index is 1.59. The molecule has 4 rings (SSSR count). The summed E-state index contributed by atoms with van der Waals surface area (Å²) < 4.78 is 5.12. The summed E-state index contributed by atoms with van der Waals surface area (Å²) in [6.45, 7) is 0. The van der Waals surface area contributed by atoms with E-state index >= 15 is 0 Å². The molecular formula is C26H21Cl2N3O4. The smallest absolute Gasteiger partial charge is 0.251 e. The number of nitrogens with zero attached hydrogens (tertiary/aromatic N) is 1. The lowest BCUT2D eigenvalue weighted by molar-refractivity contribution is -0.124. The average molecular weight is 510 g/mol. The van der Waals surface area contributed by atoms with Gasteiger partial charge in [-0.25, -0.2) is 0 Å². The lowest BCUT2D eigenvalue weighted by atomic mass is 10.0. The number of ether oxygens (including phenoxy) is 1. The maximum absolute atomic E-state index is 13.3. The molecule has 1 aliphatic heterocycles. The largest absolute Gasteiger partial charge is 0.497 e. The van der Waals surface area contributed by atoms with Gasteiger partial charge >= 0.3 is 0 Å². The van der Waals surface area contributed by atoms with Crippen LogP contribution in [0.1, 0.15) is 12.0 Å². The van der Waals surface area contributed by atoms with Crippen LogP contribution in [0.25, 0.3) is 6.08 Å². The predicted octanol–water partition coefficient (Wildman–Crippen LogP) is 5.40. The highest BCUT2D eigenvalue weighted by molar-refractivity contribution is 6.35. The van der Waals surface area contributed by atoms with Crippen molar-refractivity contribution in [3.8, 4) is 5.75 Å². The van der Waals surface area contributed by atoms with Crippen LogP contribution in [0, 0.1) is 0 Å². The fourth-order valence-electron chi connectivity index (χ4n) is 3.69. The summed E-state index contributed by atoms with van der Waals surface area (Å²) in [5, 5.41) is 6.39. The molecule has 9 heteroatoms. The fraction of sp³-hybridized carbons (Fsp3) is 0.115. The maximum Gasteiger partial charge on any atom is 0.251 e. The molecule has 3 amide bonds. The molecule has 3 aromatic carbocycles. The van der Waals surface area contributed by atoms with E-state index in [0.717, 1.165) is 0 Å². The molecule has 0 saturated heterocycles. The Kier molecular flexibility index (Phi) is 7.39. The molecule has 0 aromatic heterocycles. The highest BCUT2D eigenvalue weighted by atomic mass is 35.5. The highest BCUT2D eigenvalue weighted by Crippen LogP contribution is 2.33. The average Bonchev–Trinajstić information content (AvgIpc) is 2.84. The van der Waals surface area contributed by atoms with E-state index in [4.69, 9.17) is 27.9 Å². The van der Waals surface area contributed by atoms with Crippen molar-refractivity contribution < 1.29 is 19.1 Å². The lowest BCUT2D eigenvalue weighted by Crippen LogP contribution is -2.52. The molecular weight excluding hydrogens is 489 g/mol. The van der Waals surface area contributed by atoms with Gasteiger partial charge in [-0.3, -0.25) is 19.3 Å². The van der Waals surface area contributed by atoms with Crippen LogP contribution in [0.4, 0.5) is 17.1 Å². The van der Waals surface area contributed by atoms with Crippen molar-refractivity contribution in [3.63, 3.8) is 0 Å². The predicted molar refractivity (Wildman–Crippen MR) is 138 cm³/mol. The number of anilines is 3. The van der Waals surface area contributed by atoms with Crippen LogP contribution in [-0.2, 0) is 14.4 Å². The number of carbonyl (C=O) groups is 3. The fourth-order valence-corrected chi connectivity index (χ4v) is 4.16. The van der Waals surface area contributed by atoms with Crippen molar-refractivity contribution >= 4 is 64.1 Å². The van der Waals surface area contributed by atoms with E-state index in [-0.39, 0.29) is 6.42 Å². The van der Waals surface area contributed by atoms with Gasteiger partial charge in [-0.1, -0.05) is 41.4 Å². The van der Waals surface area contributed by atoms with Gasteiger partial charge in [0.1, 0.15) is 11.8 Å². The maximum atomic E-state index is 13.3. The van der Waals surface area contributed by atoms with Gasteiger partial charge in [0.15, 0.2) is 0 Å². The first-order valence-electron chi connectivity index (χ1n) is 10.7. The minimum atomic E-state index is -1.05. The second-order valence-corrected chi connectivity index (χ2v) is 8.55. The molecule has 1 heterocycles. The number of fused-ring (bicyclic) bond motifs is 1. The highest BCUT2D eigenvalue weighted by Gasteiger charge is 2.37. The van der Waals surface area contributed by atoms with Crippen LogP contribution in [0.15, 0.2) is 72.8 Å². The van der Waals surface area contributed by atoms with Gasteiger partial charge in [-0.2, -0.15) is 0 Å². The molecule has 0 fully saturated rings. The Bertz CT molecular complexity index is 1310. The van der Waals surface area contributed by atoms with Crippen LogP contribution >= 0.6 is 23.2 Å². The van der Waals surface area contributed by atoms with Gasteiger partial charge in [0.25, 0.3) is 5.91 Å². The molecule has 1 aliphatic rings. The second-order valence-electron chi connectivity index (χ2n) is 7.71. The number of hydrogen-bond acceptors (Lipinski definition) is 4. The second kappa shape index (κ2) is 10.6. The first kappa shape index (κ1) is 24.3. The molecule has 178 valence electrons. The van der Waals surface area contributed by atoms with E-state index in [0.29, 0.717) is 38.4 Å². The molecule has 1 unspecified atom stereocenters. The van der Waals surface area contributed by atoms with Gasteiger partial charge in [-0.05, 0) is 60.2 Å². The molecule has 0 spiro atoms. The quantitative estimate of drug-likeness (QED) is 0.435. The van der Waals surface area contributed by atoms with E-state index in [1.54, 1.807) is 79.9 Å². The zero-order chi connectivity index (χ0) is 24.9. The molecule has 0 saturated carbocycles. The Morgan fingerprint density at radius 1 is 1.09 bits per heavy atom.